The van der Waals surface area contributed by atoms with Crippen molar-refractivity contribution in [2.24, 2.45) is 0 Å². The fourth-order valence-corrected chi connectivity index (χ4v) is 3.28. The van der Waals surface area contributed by atoms with Gasteiger partial charge in [-0.1, -0.05) is 32.0 Å². The van der Waals surface area contributed by atoms with E-state index in [-0.39, 0.29) is 11.6 Å². The molecular weight excluding hydrogens is 308 g/mol. The van der Waals surface area contributed by atoms with Crippen molar-refractivity contribution in [2.45, 2.75) is 27.2 Å². The summed E-state index contributed by atoms with van der Waals surface area (Å²) in [7, 11) is 0. The molecule has 24 heavy (non-hydrogen) atoms. The molecule has 0 radical (unpaired) electrons. The molecule has 6 nitrogen and oxygen atoms in total. The van der Waals surface area contributed by atoms with Gasteiger partial charge in [0.2, 0.25) is 5.91 Å². The Morgan fingerprint density at radius 2 is 1.96 bits per heavy atom. The Bertz CT molecular complexity index is 958. The maximum atomic E-state index is 11.8. The predicted molar refractivity (Wildman–Crippen MR) is 93.5 cm³/mol. The van der Waals surface area contributed by atoms with Gasteiger partial charge in [0, 0.05) is 24.2 Å². The molecule has 2 aromatic carbocycles. The number of furan rings is 1. The number of nitrogens with zero attached hydrogens (tertiary/aromatic N) is 2. The lowest BCUT2D eigenvalue weighted by molar-refractivity contribution is -0.384. The number of para-hydroxylation sites is 1. The van der Waals surface area contributed by atoms with E-state index in [1.54, 1.807) is 0 Å². The molecule has 0 unspecified atom stereocenters. The smallest absolute Gasteiger partial charge is 0.297 e. The van der Waals surface area contributed by atoms with Crippen LogP contribution in [0, 0.1) is 10.1 Å². The van der Waals surface area contributed by atoms with E-state index >= 15 is 0 Å². The van der Waals surface area contributed by atoms with Gasteiger partial charge in [-0.15, -0.1) is 0 Å². The Morgan fingerprint density at radius 1 is 1.25 bits per heavy atom. The predicted octanol–water partition coefficient (Wildman–Crippen LogP) is 4.43. The summed E-state index contributed by atoms with van der Waals surface area (Å²) in [6, 6.07) is 8.97. The highest BCUT2D eigenvalue weighted by Gasteiger charge is 2.34. The van der Waals surface area contributed by atoms with Gasteiger partial charge in [0.1, 0.15) is 16.9 Å². The van der Waals surface area contributed by atoms with Crippen molar-refractivity contribution in [3.63, 3.8) is 0 Å². The largest absolute Gasteiger partial charge is 0.456 e. The summed E-state index contributed by atoms with van der Waals surface area (Å²) in [5.74, 6) is -0.186. The molecule has 4 rings (SSSR count). The maximum Gasteiger partial charge on any atom is 0.297 e. The highest BCUT2D eigenvalue weighted by molar-refractivity contribution is 6.12. The highest BCUT2D eigenvalue weighted by atomic mass is 16.6. The van der Waals surface area contributed by atoms with Crippen molar-refractivity contribution in [3.8, 4) is 0 Å². The number of nitro groups is 1. The number of nitro benzene ring substituents is 1. The molecule has 1 aliphatic rings. The third kappa shape index (κ3) is 2.22. The summed E-state index contributed by atoms with van der Waals surface area (Å²) in [5, 5.41) is 13.2. The van der Waals surface area contributed by atoms with E-state index in [0.29, 0.717) is 29.8 Å². The molecule has 0 atom stereocenters. The molecule has 0 fully saturated rings. The molecule has 1 aromatic heterocycles. The van der Waals surface area contributed by atoms with Crippen LogP contribution >= 0.6 is 0 Å². The van der Waals surface area contributed by atoms with E-state index in [1.165, 1.54) is 17.9 Å². The SMILES string of the molecule is CC.CC(=O)N1CCc2c1c([N+](=O)[O-])cc1oc3ccccc3c21. The van der Waals surface area contributed by atoms with Crippen LogP contribution < -0.4 is 4.90 Å². The molecule has 0 aliphatic carbocycles. The standard InChI is InChI=1S/C16H12N2O4.C2H6/c1-9(19)17-7-6-11-15-10-4-2-3-5-13(10)22-14(15)8-12(16(11)17)18(20)21;1-2/h2-5,8H,6-7H2,1H3;1-2H3. The number of rotatable bonds is 1. The molecule has 0 N–H and O–H groups in total. The van der Waals surface area contributed by atoms with Crippen molar-refractivity contribution in [3.05, 3.63) is 46.0 Å². The molecule has 1 amide bonds. The molecule has 2 heterocycles. The van der Waals surface area contributed by atoms with Gasteiger partial charge in [-0.3, -0.25) is 14.9 Å². The number of benzene rings is 2. The lowest BCUT2D eigenvalue weighted by atomic mass is 10.0. The molecule has 0 saturated heterocycles. The lowest BCUT2D eigenvalue weighted by Crippen LogP contribution is -2.26. The number of carbonyl (C=O) groups is 1. The second-order valence-electron chi connectivity index (χ2n) is 5.37. The second-order valence-corrected chi connectivity index (χ2v) is 5.37. The average Bonchev–Trinajstić information content (AvgIpc) is 3.16. The summed E-state index contributed by atoms with van der Waals surface area (Å²) < 4.78 is 5.76. The summed E-state index contributed by atoms with van der Waals surface area (Å²) in [6.07, 6.45) is 0.594. The zero-order valence-corrected chi connectivity index (χ0v) is 13.8. The van der Waals surface area contributed by atoms with Crippen LogP contribution in [0.4, 0.5) is 11.4 Å². The van der Waals surface area contributed by atoms with Crippen molar-refractivity contribution < 1.29 is 14.1 Å². The first-order valence-electron chi connectivity index (χ1n) is 7.97. The lowest BCUT2D eigenvalue weighted by Gasteiger charge is -2.14. The zero-order valence-electron chi connectivity index (χ0n) is 13.8. The van der Waals surface area contributed by atoms with Crippen LogP contribution in [-0.4, -0.2) is 17.4 Å². The molecular formula is C18H18N2O4. The van der Waals surface area contributed by atoms with Crippen LogP contribution in [0.2, 0.25) is 0 Å². The minimum Gasteiger partial charge on any atom is -0.456 e. The van der Waals surface area contributed by atoms with E-state index in [2.05, 4.69) is 0 Å². The van der Waals surface area contributed by atoms with E-state index in [1.807, 2.05) is 38.1 Å². The number of fused-ring (bicyclic) bond motifs is 5. The number of amides is 1. The first kappa shape index (κ1) is 16.0. The Hall–Kier alpha value is -2.89. The van der Waals surface area contributed by atoms with E-state index < -0.39 is 4.92 Å². The van der Waals surface area contributed by atoms with Crippen LogP contribution in [0.5, 0.6) is 0 Å². The van der Waals surface area contributed by atoms with Gasteiger partial charge in [0.25, 0.3) is 5.69 Å². The van der Waals surface area contributed by atoms with E-state index in [0.717, 1.165) is 16.3 Å². The van der Waals surface area contributed by atoms with Gasteiger partial charge in [0.05, 0.1) is 11.0 Å². The third-order valence-electron chi connectivity index (χ3n) is 4.15. The monoisotopic (exact) mass is 326 g/mol. The summed E-state index contributed by atoms with van der Waals surface area (Å²) in [5.41, 5.74) is 2.36. The summed E-state index contributed by atoms with van der Waals surface area (Å²) in [4.78, 5) is 24.2. The van der Waals surface area contributed by atoms with Crippen LogP contribution in [-0.2, 0) is 11.2 Å². The summed E-state index contributed by atoms with van der Waals surface area (Å²) in [6.45, 7) is 5.89. The average molecular weight is 326 g/mol. The number of hydrogen-bond donors (Lipinski definition) is 0. The van der Waals surface area contributed by atoms with Gasteiger partial charge < -0.3 is 9.32 Å². The Kier molecular flexibility index (Phi) is 3.97. The number of carbonyl (C=O) groups excluding carboxylic acids is 1. The normalized spacial score (nSPS) is 12.9. The molecule has 0 saturated carbocycles. The van der Waals surface area contributed by atoms with Crippen LogP contribution in [0.25, 0.3) is 21.9 Å². The molecule has 0 spiro atoms. The van der Waals surface area contributed by atoms with Crippen molar-refractivity contribution >= 4 is 39.2 Å². The van der Waals surface area contributed by atoms with Crippen LogP contribution in [0.15, 0.2) is 34.7 Å². The molecule has 0 bridgehead atoms. The molecule has 124 valence electrons. The molecule has 3 aromatic rings. The van der Waals surface area contributed by atoms with E-state index in [4.69, 9.17) is 4.42 Å². The Morgan fingerprint density at radius 3 is 2.62 bits per heavy atom. The molecule has 6 heteroatoms. The number of hydrogen-bond acceptors (Lipinski definition) is 4. The topological polar surface area (TPSA) is 76.6 Å². The fraction of sp³-hybridized carbons (Fsp3) is 0.278. The van der Waals surface area contributed by atoms with Gasteiger partial charge >= 0.3 is 0 Å². The Labute approximate surface area is 138 Å². The Balaban J connectivity index is 0.000000815. The first-order valence-corrected chi connectivity index (χ1v) is 7.97. The molecule has 1 aliphatic heterocycles. The first-order chi connectivity index (χ1) is 11.6. The van der Waals surface area contributed by atoms with Crippen LogP contribution in [0.1, 0.15) is 26.3 Å². The minimum atomic E-state index is -0.452. The fourth-order valence-electron chi connectivity index (χ4n) is 3.28. The van der Waals surface area contributed by atoms with Gasteiger partial charge in [-0.25, -0.2) is 0 Å². The quantitative estimate of drug-likeness (QED) is 0.489. The zero-order chi connectivity index (χ0) is 17.4. The summed E-state index contributed by atoms with van der Waals surface area (Å²) >= 11 is 0. The number of anilines is 1. The van der Waals surface area contributed by atoms with E-state index in [9.17, 15) is 14.9 Å². The van der Waals surface area contributed by atoms with Crippen molar-refractivity contribution in [2.75, 3.05) is 11.4 Å². The second kappa shape index (κ2) is 5.96. The van der Waals surface area contributed by atoms with Crippen molar-refractivity contribution in [1.82, 2.24) is 0 Å². The van der Waals surface area contributed by atoms with Crippen LogP contribution in [0.3, 0.4) is 0 Å². The van der Waals surface area contributed by atoms with Gasteiger partial charge in [-0.05, 0) is 18.1 Å². The maximum absolute atomic E-state index is 11.8. The van der Waals surface area contributed by atoms with Gasteiger partial charge in [-0.2, -0.15) is 0 Å². The van der Waals surface area contributed by atoms with Crippen molar-refractivity contribution in [1.29, 1.82) is 0 Å². The highest BCUT2D eigenvalue weighted by Crippen LogP contribution is 2.45. The van der Waals surface area contributed by atoms with Gasteiger partial charge in [0.15, 0.2) is 0 Å². The third-order valence-corrected chi connectivity index (χ3v) is 4.15. The minimum absolute atomic E-state index is 0.0748.